The highest BCUT2D eigenvalue weighted by Gasteiger charge is 2.41. The van der Waals surface area contributed by atoms with Gasteiger partial charge in [0, 0.05) is 32.8 Å². The van der Waals surface area contributed by atoms with Gasteiger partial charge in [-0.25, -0.2) is 12.8 Å². The number of methoxy groups -OCH3 is 1. The summed E-state index contributed by atoms with van der Waals surface area (Å²) in [6.45, 7) is 4.55. The van der Waals surface area contributed by atoms with E-state index >= 15 is 0 Å². The van der Waals surface area contributed by atoms with E-state index in [0.29, 0.717) is 44.5 Å². The molecule has 3 rings (SSSR count). The number of amides is 1. The van der Waals surface area contributed by atoms with Crippen LogP contribution in [0.4, 0.5) is 4.39 Å². The number of hydrogen-bond donors (Lipinski definition) is 1. The van der Waals surface area contributed by atoms with Crippen LogP contribution in [0.2, 0.25) is 0 Å². The molecule has 0 aliphatic carbocycles. The number of halogens is 1. The summed E-state index contributed by atoms with van der Waals surface area (Å²) in [5.41, 5.74) is 5.74. The summed E-state index contributed by atoms with van der Waals surface area (Å²) in [5, 5.41) is 0. The highest BCUT2D eigenvalue weighted by atomic mass is 32.2. The number of carbonyl (C=O) groups is 1. The van der Waals surface area contributed by atoms with Crippen molar-refractivity contribution in [2.75, 3.05) is 39.9 Å². The third-order valence-corrected chi connectivity index (χ3v) is 8.81. The summed E-state index contributed by atoms with van der Waals surface area (Å²) in [6.07, 6.45) is 3.47. The van der Waals surface area contributed by atoms with Crippen molar-refractivity contribution in [3.05, 3.63) is 29.6 Å². The second-order valence-corrected chi connectivity index (χ2v) is 10.4. The quantitative estimate of drug-likeness (QED) is 0.698. The van der Waals surface area contributed by atoms with Crippen LogP contribution in [-0.4, -0.2) is 69.5 Å². The van der Waals surface area contributed by atoms with Gasteiger partial charge in [-0.1, -0.05) is 6.07 Å². The Morgan fingerprint density at radius 2 is 1.87 bits per heavy atom. The molecule has 168 valence electrons. The van der Waals surface area contributed by atoms with Crippen molar-refractivity contribution in [1.82, 2.24) is 9.21 Å². The van der Waals surface area contributed by atoms with Crippen molar-refractivity contribution in [2.24, 2.45) is 11.1 Å². The number of benzene rings is 1. The van der Waals surface area contributed by atoms with Crippen LogP contribution in [0.1, 0.15) is 37.7 Å². The topological polar surface area (TPSA) is 92.9 Å². The highest BCUT2D eigenvalue weighted by Crippen LogP contribution is 2.37. The van der Waals surface area contributed by atoms with Gasteiger partial charge >= 0.3 is 0 Å². The zero-order valence-corrected chi connectivity index (χ0v) is 18.6. The Hall–Kier alpha value is -1.55. The summed E-state index contributed by atoms with van der Waals surface area (Å²) in [7, 11) is -2.09. The molecule has 0 bridgehead atoms. The molecule has 0 atom stereocenters. The number of primary amides is 1. The number of ether oxygens (including phenoxy) is 1. The molecule has 1 aromatic rings. The van der Waals surface area contributed by atoms with Crippen LogP contribution in [0.25, 0.3) is 0 Å². The van der Waals surface area contributed by atoms with E-state index in [9.17, 15) is 17.6 Å². The maximum absolute atomic E-state index is 13.6. The first-order valence-electron chi connectivity index (χ1n) is 10.5. The summed E-state index contributed by atoms with van der Waals surface area (Å²) in [5.74, 6) is -0.806. The van der Waals surface area contributed by atoms with Gasteiger partial charge in [-0.3, -0.25) is 4.79 Å². The van der Waals surface area contributed by atoms with Gasteiger partial charge in [-0.15, -0.1) is 0 Å². The van der Waals surface area contributed by atoms with Crippen LogP contribution in [0.3, 0.4) is 0 Å². The molecule has 30 heavy (non-hydrogen) atoms. The monoisotopic (exact) mass is 441 g/mol. The number of sulfonamides is 1. The van der Waals surface area contributed by atoms with Gasteiger partial charge in [-0.05, 0) is 69.8 Å². The molecule has 9 heteroatoms. The zero-order chi connectivity index (χ0) is 21.9. The summed E-state index contributed by atoms with van der Waals surface area (Å²) >= 11 is 0. The molecule has 0 radical (unpaired) electrons. The van der Waals surface area contributed by atoms with Crippen LogP contribution in [0.15, 0.2) is 23.1 Å². The lowest BCUT2D eigenvalue weighted by atomic mass is 9.74. The molecule has 2 saturated heterocycles. The molecule has 0 unspecified atom stereocenters. The van der Waals surface area contributed by atoms with Crippen molar-refractivity contribution in [3.8, 4) is 0 Å². The summed E-state index contributed by atoms with van der Waals surface area (Å²) < 4.78 is 46.2. The molecule has 0 spiro atoms. The van der Waals surface area contributed by atoms with Crippen molar-refractivity contribution < 1.29 is 22.3 Å². The number of likely N-dealkylation sites (tertiary alicyclic amines) is 1. The van der Waals surface area contributed by atoms with E-state index in [-0.39, 0.29) is 16.8 Å². The largest absolute Gasteiger partial charge is 0.385 e. The third-order valence-electron chi connectivity index (χ3n) is 6.77. The lowest BCUT2D eigenvalue weighted by Gasteiger charge is -2.45. The molecule has 2 aliphatic heterocycles. The van der Waals surface area contributed by atoms with Crippen LogP contribution in [-0.2, 0) is 19.6 Å². The fourth-order valence-corrected chi connectivity index (χ4v) is 6.38. The maximum atomic E-state index is 13.6. The second kappa shape index (κ2) is 9.30. The van der Waals surface area contributed by atoms with Crippen LogP contribution >= 0.6 is 0 Å². The van der Waals surface area contributed by atoms with Gasteiger partial charge in [-0.2, -0.15) is 4.31 Å². The minimum absolute atomic E-state index is 0.0447. The van der Waals surface area contributed by atoms with Crippen molar-refractivity contribution in [1.29, 1.82) is 0 Å². The van der Waals surface area contributed by atoms with E-state index in [0.717, 1.165) is 32.0 Å². The minimum atomic E-state index is -3.71. The summed E-state index contributed by atoms with van der Waals surface area (Å²) in [6, 6.07) is 4.15. The van der Waals surface area contributed by atoms with E-state index < -0.39 is 21.3 Å². The first-order valence-corrected chi connectivity index (χ1v) is 11.9. The Balaban J connectivity index is 1.60. The number of hydrogen-bond acceptors (Lipinski definition) is 5. The molecular weight excluding hydrogens is 409 g/mol. The fourth-order valence-electron chi connectivity index (χ4n) is 4.67. The number of nitrogens with zero attached hydrogens (tertiary/aromatic N) is 2. The Kier molecular flexibility index (Phi) is 7.16. The number of piperidine rings is 2. The van der Waals surface area contributed by atoms with Gasteiger partial charge < -0.3 is 15.4 Å². The second-order valence-electron chi connectivity index (χ2n) is 8.47. The van der Waals surface area contributed by atoms with E-state index in [1.807, 2.05) is 0 Å². The molecule has 2 heterocycles. The first-order chi connectivity index (χ1) is 14.2. The zero-order valence-electron chi connectivity index (χ0n) is 17.8. The van der Waals surface area contributed by atoms with Crippen LogP contribution in [0.5, 0.6) is 0 Å². The lowest BCUT2D eigenvalue weighted by molar-refractivity contribution is -0.132. The third kappa shape index (κ3) is 4.69. The number of carbonyl (C=O) groups excluding carboxylic acids is 1. The van der Waals surface area contributed by atoms with Crippen molar-refractivity contribution in [3.63, 3.8) is 0 Å². The Bertz CT molecular complexity index is 861. The lowest BCUT2D eigenvalue weighted by Crippen LogP contribution is -2.53. The Labute approximate surface area is 178 Å². The molecule has 1 aromatic carbocycles. The number of nitrogens with two attached hydrogens (primary N) is 1. The predicted octanol–water partition coefficient (Wildman–Crippen LogP) is 1.89. The predicted molar refractivity (Wildman–Crippen MR) is 112 cm³/mol. The van der Waals surface area contributed by atoms with Gasteiger partial charge in [0.25, 0.3) is 0 Å². The van der Waals surface area contributed by atoms with Gasteiger partial charge in [0.15, 0.2) is 0 Å². The smallest absolute Gasteiger partial charge is 0.243 e. The summed E-state index contributed by atoms with van der Waals surface area (Å²) in [4.78, 5) is 14.5. The molecule has 1 amide bonds. The SMILES string of the molecule is COCCC1(C(N)=O)CCN(C2CCN(S(=O)(=O)c3cc(F)ccc3C)CC2)CC1. The van der Waals surface area contributed by atoms with Gasteiger partial charge in [0.05, 0.1) is 10.3 Å². The average Bonchev–Trinajstić information content (AvgIpc) is 2.74. The van der Waals surface area contributed by atoms with Gasteiger partial charge in [0.2, 0.25) is 15.9 Å². The molecule has 2 aliphatic rings. The van der Waals surface area contributed by atoms with E-state index in [1.165, 1.54) is 16.4 Å². The molecule has 2 N–H and O–H groups in total. The van der Waals surface area contributed by atoms with E-state index in [4.69, 9.17) is 10.5 Å². The molecule has 0 saturated carbocycles. The Morgan fingerprint density at radius 3 is 2.43 bits per heavy atom. The van der Waals surface area contributed by atoms with Gasteiger partial charge in [0.1, 0.15) is 5.82 Å². The van der Waals surface area contributed by atoms with Crippen LogP contribution in [0, 0.1) is 18.2 Å². The standard InChI is InChI=1S/C21H32FN3O4S/c1-16-3-4-17(22)15-19(16)30(27,28)25-10-5-18(6-11-25)24-12-7-21(8-13-24,20(23)26)9-14-29-2/h3-4,15,18H,5-14H2,1-2H3,(H2,23,26). The molecule has 0 aromatic heterocycles. The normalized spacial score (nSPS) is 21.6. The molecular formula is C21H32FN3O4S. The van der Waals surface area contributed by atoms with Crippen LogP contribution < -0.4 is 5.73 Å². The van der Waals surface area contributed by atoms with E-state index in [1.54, 1.807) is 14.0 Å². The molecule has 2 fully saturated rings. The van der Waals surface area contributed by atoms with Crippen molar-refractivity contribution >= 4 is 15.9 Å². The molecule has 7 nitrogen and oxygen atoms in total. The fraction of sp³-hybridized carbons (Fsp3) is 0.667. The first kappa shape index (κ1) is 23.1. The highest BCUT2D eigenvalue weighted by molar-refractivity contribution is 7.89. The maximum Gasteiger partial charge on any atom is 0.243 e. The van der Waals surface area contributed by atoms with E-state index in [2.05, 4.69) is 4.90 Å². The number of rotatable bonds is 7. The minimum Gasteiger partial charge on any atom is -0.385 e. The van der Waals surface area contributed by atoms with Crippen molar-refractivity contribution in [2.45, 2.75) is 50.0 Å². The Morgan fingerprint density at radius 1 is 1.23 bits per heavy atom. The number of aryl methyl sites for hydroxylation is 1. The average molecular weight is 442 g/mol.